The number of rotatable bonds is 5. The summed E-state index contributed by atoms with van der Waals surface area (Å²) in [4.78, 5) is 23.8. The fourth-order valence-corrected chi connectivity index (χ4v) is 1.93. The number of carbonyl (C=O) groups is 1. The molecule has 23 heavy (non-hydrogen) atoms. The van der Waals surface area contributed by atoms with Gasteiger partial charge in [0.1, 0.15) is 17.2 Å². The molecule has 0 atom stereocenters. The molecule has 0 unspecified atom stereocenters. The van der Waals surface area contributed by atoms with Gasteiger partial charge < -0.3 is 14.4 Å². The van der Waals surface area contributed by atoms with Crippen molar-refractivity contribution in [2.45, 2.75) is 0 Å². The SMILES string of the molecule is COc1ccc(Oc2ccc([N+](=O)[O-])cc2)cc1C(=O)N(C)C. The van der Waals surface area contributed by atoms with Gasteiger partial charge in [-0.05, 0) is 30.3 Å². The Morgan fingerprint density at radius 3 is 2.22 bits per heavy atom. The Morgan fingerprint density at radius 1 is 1.09 bits per heavy atom. The molecule has 120 valence electrons. The highest BCUT2D eigenvalue weighted by atomic mass is 16.6. The Balaban J connectivity index is 2.28. The third-order valence-electron chi connectivity index (χ3n) is 3.09. The number of nitro benzene ring substituents is 1. The molecule has 1 amide bonds. The Morgan fingerprint density at radius 2 is 1.70 bits per heavy atom. The van der Waals surface area contributed by atoms with Crippen LogP contribution in [-0.2, 0) is 0 Å². The predicted molar refractivity (Wildman–Crippen MR) is 84.2 cm³/mol. The molecule has 0 radical (unpaired) electrons. The molecule has 2 aromatic carbocycles. The molecule has 2 rings (SSSR count). The number of nitrogens with zero attached hydrogens (tertiary/aromatic N) is 2. The second kappa shape index (κ2) is 6.78. The summed E-state index contributed by atoms with van der Waals surface area (Å²) in [6.07, 6.45) is 0. The van der Waals surface area contributed by atoms with Gasteiger partial charge in [0.2, 0.25) is 0 Å². The summed E-state index contributed by atoms with van der Waals surface area (Å²) in [7, 11) is 4.77. The van der Waals surface area contributed by atoms with Gasteiger partial charge in [-0.1, -0.05) is 0 Å². The molecule has 0 bridgehead atoms. The quantitative estimate of drug-likeness (QED) is 0.625. The summed E-state index contributed by atoms with van der Waals surface area (Å²) >= 11 is 0. The van der Waals surface area contributed by atoms with E-state index in [2.05, 4.69) is 0 Å². The fraction of sp³-hybridized carbons (Fsp3) is 0.188. The maximum Gasteiger partial charge on any atom is 0.269 e. The molecular weight excluding hydrogens is 300 g/mol. The smallest absolute Gasteiger partial charge is 0.269 e. The van der Waals surface area contributed by atoms with Crippen LogP contribution < -0.4 is 9.47 Å². The average molecular weight is 316 g/mol. The van der Waals surface area contributed by atoms with Gasteiger partial charge in [0.15, 0.2) is 0 Å². The van der Waals surface area contributed by atoms with Crippen LogP contribution in [0.25, 0.3) is 0 Å². The molecule has 0 spiro atoms. The van der Waals surface area contributed by atoms with E-state index in [0.717, 1.165) is 0 Å². The van der Waals surface area contributed by atoms with Crippen molar-refractivity contribution in [3.63, 3.8) is 0 Å². The van der Waals surface area contributed by atoms with E-state index >= 15 is 0 Å². The number of methoxy groups -OCH3 is 1. The lowest BCUT2D eigenvalue weighted by atomic mass is 10.1. The second-order valence-electron chi connectivity index (χ2n) is 4.91. The highest BCUT2D eigenvalue weighted by Crippen LogP contribution is 2.29. The van der Waals surface area contributed by atoms with Gasteiger partial charge in [-0.15, -0.1) is 0 Å². The molecule has 0 N–H and O–H groups in total. The minimum atomic E-state index is -0.481. The van der Waals surface area contributed by atoms with Crippen LogP contribution >= 0.6 is 0 Å². The van der Waals surface area contributed by atoms with Crippen LogP contribution in [0.2, 0.25) is 0 Å². The van der Waals surface area contributed by atoms with E-state index in [1.807, 2.05) is 0 Å². The number of benzene rings is 2. The summed E-state index contributed by atoms with van der Waals surface area (Å²) < 4.78 is 10.8. The zero-order valence-corrected chi connectivity index (χ0v) is 13.0. The third kappa shape index (κ3) is 3.76. The number of hydrogen-bond acceptors (Lipinski definition) is 5. The number of non-ortho nitro benzene ring substituents is 1. The lowest BCUT2D eigenvalue weighted by Crippen LogP contribution is -2.22. The van der Waals surface area contributed by atoms with Crippen molar-refractivity contribution in [2.24, 2.45) is 0 Å². The van der Waals surface area contributed by atoms with Crippen molar-refractivity contribution in [3.8, 4) is 17.2 Å². The molecule has 0 aliphatic heterocycles. The molecule has 7 heteroatoms. The van der Waals surface area contributed by atoms with E-state index in [1.54, 1.807) is 32.3 Å². The molecule has 0 aromatic heterocycles. The fourth-order valence-electron chi connectivity index (χ4n) is 1.93. The van der Waals surface area contributed by atoms with Gasteiger partial charge in [-0.25, -0.2) is 0 Å². The highest BCUT2D eigenvalue weighted by Gasteiger charge is 2.16. The summed E-state index contributed by atoms with van der Waals surface area (Å²) in [6.45, 7) is 0. The topological polar surface area (TPSA) is 81.9 Å². The van der Waals surface area contributed by atoms with Crippen molar-refractivity contribution in [2.75, 3.05) is 21.2 Å². The highest BCUT2D eigenvalue weighted by molar-refractivity contribution is 5.97. The van der Waals surface area contributed by atoms with Gasteiger partial charge in [0, 0.05) is 26.2 Å². The molecule has 0 fully saturated rings. The van der Waals surface area contributed by atoms with Gasteiger partial charge in [-0.3, -0.25) is 14.9 Å². The van der Waals surface area contributed by atoms with Crippen molar-refractivity contribution in [1.29, 1.82) is 0 Å². The van der Waals surface area contributed by atoms with Crippen LogP contribution in [0, 0.1) is 10.1 Å². The monoisotopic (exact) mass is 316 g/mol. The van der Waals surface area contributed by atoms with Gasteiger partial charge in [0.05, 0.1) is 17.6 Å². The largest absolute Gasteiger partial charge is 0.496 e. The first kappa shape index (κ1) is 16.3. The summed E-state index contributed by atoms with van der Waals surface area (Å²) in [5.41, 5.74) is 0.354. The summed E-state index contributed by atoms with van der Waals surface area (Å²) in [5, 5.41) is 10.6. The second-order valence-corrected chi connectivity index (χ2v) is 4.91. The first-order valence-corrected chi connectivity index (χ1v) is 6.74. The predicted octanol–water partition coefficient (Wildman–Crippen LogP) is 3.10. The van der Waals surface area contributed by atoms with Crippen LogP contribution in [-0.4, -0.2) is 36.9 Å². The Hall–Kier alpha value is -3.09. The first-order chi connectivity index (χ1) is 10.9. The number of ether oxygens (including phenoxy) is 2. The molecule has 0 saturated heterocycles. The van der Waals surface area contributed by atoms with E-state index in [-0.39, 0.29) is 11.6 Å². The maximum atomic E-state index is 12.2. The van der Waals surface area contributed by atoms with Crippen LogP contribution in [0.4, 0.5) is 5.69 Å². The van der Waals surface area contributed by atoms with E-state index in [0.29, 0.717) is 22.8 Å². The van der Waals surface area contributed by atoms with Gasteiger partial charge >= 0.3 is 0 Å². The number of amides is 1. The molecular formula is C16H16N2O5. The van der Waals surface area contributed by atoms with Crippen LogP contribution in [0.1, 0.15) is 10.4 Å². The Kier molecular flexibility index (Phi) is 4.80. The zero-order valence-electron chi connectivity index (χ0n) is 13.0. The minimum Gasteiger partial charge on any atom is -0.496 e. The molecule has 0 saturated carbocycles. The maximum absolute atomic E-state index is 12.2. The average Bonchev–Trinajstić information content (AvgIpc) is 2.54. The molecule has 0 heterocycles. The van der Waals surface area contributed by atoms with Crippen molar-refractivity contribution in [1.82, 2.24) is 4.90 Å². The minimum absolute atomic E-state index is 0.0180. The van der Waals surface area contributed by atoms with Gasteiger partial charge in [-0.2, -0.15) is 0 Å². The number of nitro groups is 1. The van der Waals surface area contributed by atoms with Crippen molar-refractivity contribution in [3.05, 3.63) is 58.1 Å². The molecule has 0 aliphatic rings. The summed E-state index contributed by atoms with van der Waals surface area (Å²) in [5.74, 6) is 1.10. The van der Waals surface area contributed by atoms with Crippen molar-refractivity contribution < 1.29 is 19.2 Å². The standard InChI is InChI=1S/C16H16N2O5/c1-17(2)16(19)14-10-13(8-9-15(14)22-3)23-12-6-4-11(5-7-12)18(20)21/h4-10H,1-3H3. The third-order valence-corrected chi connectivity index (χ3v) is 3.09. The Bertz CT molecular complexity index is 726. The number of hydrogen-bond donors (Lipinski definition) is 0. The van der Waals surface area contributed by atoms with E-state index in [9.17, 15) is 14.9 Å². The summed E-state index contributed by atoms with van der Waals surface area (Å²) in [6, 6.07) is 10.6. The lowest BCUT2D eigenvalue weighted by molar-refractivity contribution is -0.384. The van der Waals surface area contributed by atoms with E-state index in [4.69, 9.17) is 9.47 Å². The van der Waals surface area contributed by atoms with E-state index in [1.165, 1.54) is 36.3 Å². The van der Waals surface area contributed by atoms with Crippen LogP contribution in [0.5, 0.6) is 17.2 Å². The van der Waals surface area contributed by atoms with Crippen LogP contribution in [0.15, 0.2) is 42.5 Å². The van der Waals surface area contributed by atoms with Gasteiger partial charge in [0.25, 0.3) is 11.6 Å². The Labute approximate surface area is 133 Å². The molecule has 2 aromatic rings. The first-order valence-electron chi connectivity index (χ1n) is 6.74. The number of carbonyl (C=O) groups excluding carboxylic acids is 1. The van der Waals surface area contributed by atoms with E-state index < -0.39 is 4.92 Å². The zero-order chi connectivity index (χ0) is 17.0. The lowest BCUT2D eigenvalue weighted by Gasteiger charge is -2.15. The normalized spacial score (nSPS) is 10.0. The van der Waals surface area contributed by atoms with Crippen LogP contribution in [0.3, 0.4) is 0 Å². The molecule has 7 nitrogen and oxygen atoms in total. The molecule has 0 aliphatic carbocycles. The van der Waals surface area contributed by atoms with Crippen molar-refractivity contribution >= 4 is 11.6 Å².